The molecule has 0 amide bonds. The molecule has 4 aliphatic rings. The molecule has 0 saturated heterocycles. The van der Waals surface area contributed by atoms with Crippen LogP contribution in [0.25, 0.3) is 33.2 Å². The van der Waals surface area contributed by atoms with E-state index in [4.69, 9.17) is 0 Å². The summed E-state index contributed by atoms with van der Waals surface area (Å²) in [6, 6.07) is 26.0. The average molecular weight is 501 g/mol. The maximum absolute atomic E-state index is 2.52. The van der Waals surface area contributed by atoms with E-state index in [1.165, 1.54) is 103 Å². The number of rotatable bonds is 4. The molecule has 194 valence electrons. The first kappa shape index (κ1) is 24.1. The van der Waals surface area contributed by atoms with E-state index in [-0.39, 0.29) is 0 Å². The van der Waals surface area contributed by atoms with Gasteiger partial charge in [0, 0.05) is 17.2 Å². The van der Waals surface area contributed by atoms with Crippen molar-refractivity contribution in [3.63, 3.8) is 0 Å². The molecule has 1 nitrogen and oxygen atoms in total. The minimum Gasteiger partial charge on any atom is -0.201 e. The first-order chi connectivity index (χ1) is 18.6. The smallest absolute Gasteiger partial charge is 0.201 e. The zero-order chi connectivity index (χ0) is 25.6. The van der Waals surface area contributed by atoms with E-state index in [2.05, 4.69) is 91.5 Å². The number of pyridine rings is 1. The Bertz CT molecular complexity index is 1470. The van der Waals surface area contributed by atoms with Crippen molar-refractivity contribution >= 4 is 10.8 Å². The summed E-state index contributed by atoms with van der Waals surface area (Å²) in [6.45, 7) is 2.23. The van der Waals surface area contributed by atoms with Gasteiger partial charge in [-0.1, -0.05) is 80.6 Å². The van der Waals surface area contributed by atoms with Crippen LogP contribution in [0.4, 0.5) is 0 Å². The molecule has 8 rings (SSSR count). The average Bonchev–Trinajstić information content (AvgIpc) is 2.98. The maximum Gasteiger partial charge on any atom is 0.213 e. The third-order valence-electron chi connectivity index (χ3n) is 10.4. The van der Waals surface area contributed by atoms with Crippen molar-refractivity contribution < 1.29 is 4.57 Å². The molecule has 0 aliphatic heterocycles. The molecule has 0 N–H and O–H groups in total. The summed E-state index contributed by atoms with van der Waals surface area (Å²) in [7, 11) is 2.23. The highest BCUT2D eigenvalue weighted by molar-refractivity contribution is 5.89. The van der Waals surface area contributed by atoms with E-state index in [0.29, 0.717) is 5.92 Å². The number of hydrogen-bond acceptors (Lipinski definition) is 0. The molecular weight excluding hydrogens is 458 g/mol. The molecule has 4 fully saturated rings. The van der Waals surface area contributed by atoms with Gasteiger partial charge in [0.2, 0.25) is 5.69 Å². The van der Waals surface area contributed by atoms with Gasteiger partial charge < -0.3 is 0 Å². The summed E-state index contributed by atoms with van der Waals surface area (Å²) in [5.41, 5.74) is 9.91. The van der Waals surface area contributed by atoms with Gasteiger partial charge in [-0.05, 0) is 108 Å². The molecule has 2 bridgehead atoms. The molecule has 4 saturated carbocycles. The lowest BCUT2D eigenvalue weighted by atomic mass is 9.63. The van der Waals surface area contributed by atoms with Gasteiger partial charge in [-0.25, -0.2) is 4.57 Å². The summed E-state index contributed by atoms with van der Waals surface area (Å²) in [5.74, 6) is 3.34. The van der Waals surface area contributed by atoms with Crippen LogP contribution in [0.5, 0.6) is 0 Å². The lowest BCUT2D eigenvalue weighted by Crippen LogP contribution is -2.32. The van der Waals surface area contributed by atoms with E-state index in [1.807, 2.05) is 0 Å². The summed E-state index contributed by atoms with van der Waals surface area (Å²) >= 11 is 0. The van der Waals surface area contributed by atoms with E-state index in [1.54, 1.807) is 11.1 Å². The van der Waals surface area contributed by atoms with Crippen molar-refractivity contribution in [3.05, 3.63) is 89.6 Å². The first-order valence-electron chi connectivity index (χ1n) is 15.3. The summed E-state index contributed by atoms with van der Waals surface area (Å²) < 4.78 is 2.38. The Labute approximate surface area is 228 Å². The molecule has 38 heavy (non-hydrogen) atoms. The van der Waals surface area contributed by atoms with Crippen LogP contribution < -0.4 is 4.57 Å². The van der Waals surface area contributed by atoms with Crippen LogP contribution in [0.2, 0.25) is 0 Å². The number of benzene rings is 3. The fraction of sp³-hybridized carbons (Fsp3) is 0.432. The minimum atomic E-state index is 0.663. The summed E-state index contributed by atoms with van der Waals surface area (Å²) in [5, 5.41) is 2.79. The van der Waals surface area contributed by atoms with Gasteiger partial charge in [0.1, 0.15) is 7.05 Å². The fourth-order valence-electron chi connectivity index (χ4n) is 8.24. The van der Waals surface area contributed by atoms with E-state index < -0.39 is 0 Å². The Morgan fingerprint density at radius 1 is 0.711 bits per heavy atom. The zero-order valence-electron chi connectivity index (χ0n) is 23.3. The predicted octanol–water partition coefficient (Wildman–Crippen LogP) is 9.65. The van der Waals surface area contributed by atoms with Crippen LogP contribution in [0.3, 0.4) is 0 Å². The van der Waals surface area contributed by atoms with Crippen molar-refractivity contribution in [2.24, 2.45) is 18.9 Å². The quantitative estimate of drug-likeness (QED) is 0.246. The molecule has 4 aromatic rings. The molecule has 1 aromatic heterocycles. The van der Waals surface area contributed by atoms with E-state index in [0.717, 1.165) is 17.8 Å². The largest absolute Gasteiger partial charge is 0.213 e. The molecular formula is C37H42N+. The second kappa shape index (κ2) is 9.99. The number of fused-ring (bicyclic) bond motifs is 4. The number of aryl methyl sites for hydroxylation is 2. The van der Waals surface area contributed by atoms with Crippen molar-refractivity contribution in [3.8, 4) is 22.4 Å². The number of aromatic nitrogens is 1. The van der Waals surface area contributed by atoms with Gasteiger partial charge in [0.15, 0.2) is 6.20 Å². The van der Waals surface area contributed by atoms with Gasteiger partial charge in [-0.2, -0.15) is 0 Å². The molecule has 1 atom stereocenters. The highest BCUT2D eigenvalue weighted by atomic mass is 14.9. The predicted molar refractivity (Wildman–Crippen MR) is 159 cm³/mol. The second-order valence-electron chi connectivity index (χ2n) is 12.7. The molecule has 3 aromatic carbocycles. The van der Waals surface area contributed by atoms with Crippen LogP contribution >= 0.6 is 0 Å². The Morgan fingerprint density at radius 2 is 1.47 bits per heavy atom. The van der Waals surface area contributed by atoms with Gasteiger partial charge >= 0.3 is 0 Å². The first-order valence-corrected chi connectivity index (χ1v) is 15.3. The Hall–Kier alpha value is -2.93. The van der Waals surface area contributed by atoms with Crippen LogP contribution in [0.15, 0.2) is 72.9 Å². The van der Waals surface area contributed by atoms with Crippen molar-refractivity contribution in [1.29, 1.82) is 0 Å². The lowest BCUT2D eigenvalue weighted by molar-refractivity contribution is -0.660. The fourth-order valence-corrected chi connectivity index (χ4v) is 8.24. The van der Waals surface area contributed by atoms with Gasteiger partial charge in [0.25, 0.3) is 0 Å². The number of nitrogens with zero attached hydrogens (tertiary/aromatic N) is 1. The monoisotopic (exact) mass is 500 g/mol. The lowest BCUT2D eigenvalue weighted by Gasteiger charge is -2.42. The standard InChI is InChI=1S/C37H42N/c1-25-8-6-7-11-33(25)37-23-35(36(24-38(37)2)27-9-4-3-5-10-27)32-19-17-29-21-31(18-16-30(29)22-32)34-20-26-12-14-28(34)15-13-26/h6-8,11,16-19,21-24,26-28,34H,3-5,9-10,12-15,20H2,1-2H3/q+1. The second-order valence-corrected chi connectivity index (χ2v) is 12.7. The normalized spacial score (nSPS) is 23.7. The summed E-state index contributed by atoms with van der Waals surface area (Å²) in [6.07, 6.45) is 16.5. The topological polar surface area (TPSA) is 3.88 Å². The Balaban J connectivity index is 1.31. The highest BCUT2D eigenvalue weighted by Gasteiger charge is 2.36. The van der Waals surface area contributed by atoms with Crippen LogP contribution in [-0.4, -0.2) is 0 Å². The third kappa shape index (κ3) is 4.39. The van der Waals surface area contributed by atoms with Crippen molar-refractivity contribution in [2.45, 2.75) is 83.0 Å². The molecule has 1 heteroatoms. The Kier molecular flexibility index (Phi) is 6.35. The Morgan fingerprint density at radius 3 is 2.24 bits per heavy atom. The highest BCUT2D eigenvalue weighted by Crippen LogP contribution is 2.50. The maximum atomic E-state index is 2.52. The SMILES string of the molecule is Cc1ccccc1-c1cc(-c2ccc3cc(C4CC5CCC4CC5)ccc3c2)c(C2CCCCC2)c[n+]1C. The van der Waals surface area contributed by atoms with Crippen LogP contribution in [0.1, 0.15) is 92.7 Å². The van der Waals surface area contributed by atoms with E-state index in [9.17, 15) is 0 Å². The van der Waals surface area contributed by atoms with Crippen LogP contribution in [0, 0.1) is 18.8 Å². The van der Waals surface area contributed by atoms with Crippen LogP contribution in [-0.2, 0) is 7.05 Å². The summed E-state index contributed by atoms with van der Waals surface area (Å²) in [4.78, 5) is 0. The van der Waals surface area contributed by atoms with E-state index >= 15 is 0 Å². The molecule has 4 aliphatic carbocycles. The molecule has 0 spiro atoms. The molecule has 1 heterocycles. The van der Waals surface area contributed by atoms with Gasteiger partial charge in [-0.3, -0.25) is 0 Å². The zero-order valence-corrected chi connectivity index (χ0v) is 23.3. The van der Waals surface area contributed by atoms with Gasteiger partial charge in [0.05, 0.1) is 0 Å². The number of hydrogen-bond donors (Lipinski definition) is 0. The molecule has 1 unspecified atom stereocenters. The van der Waals surface area contributed by atoms with Crippen molar-refractivity contribution in [2.75, 3.05) is 0 Å². The molecule has 0 radical (unpaired) electrons. The minimum absolute atomic E-state index is 0.663. The third-order valence-corrected chi connectivity index (χ3v) is 10.4. The van der Waals surface area contributed by atoms with Crippen molar-refractivity contribution in [1.82, 2.24) is 0 Å². The van der Waals surface area contributed by atoms with Gasteiger partial charge in [-0.15, -0.1) is 0 Å².